The van der Waals surface area contributed by atoms with Crippen LogP contribution in [-0.2, 0) is 29.1 Å². The van der Waals surface area contributed by atoms with Gasteiger partial charge in [0.1, 0.15) is 11.5 Å². The summed E-state index contributed by atoms with van der Waals surface area (Å²) in [5.74, 6) is -1.29. The summed E-state index contributed by atoms with van der Waals surface area (Å²) in [6.45, 7) is 1.83. The fraction of sp³-hybridized carbons (Fsp3) is 0.385. The van der Waals surface area contributed by atoms with E-state index in [1.54, 1.807) is 31.4 Å². The third-order valence-electron chi connectivity index (χ3n) is 6.45. The summed E-state index contributed by atoms with van der Waals surface area (Å²) < 4.78 is 42.8. The number of morpholine rings is 1. The molecule has 10 nitrogen and oxygen atoms in total. The number of likely N-dealkylation sites (tertiary alicyclic amines) is 1. The first-order valence-electron chi connectivity index (χ1n) is 11.9. The molecule has 198 valence electrons. The zero-order valence-electron chi connectivity index (χ0n) is 20.8. The lowest BCUT2D eigenvalue weighted by Gasteiger charge is -2.26. The van der Waals surface area contributed by atoms with E-state index in [1.807, 2.05) is 0 Å². The largest absolute Gasteiger partial charge is 0.507 e. The molecule has 2 heterocycles. The van der Waals surface area contributed by atoms with Crippen molar-refractivity contribution in [2.75, 3.05) is 53.7 Å². The van der Waals surface area contributed by atoms with E-state index in [0.717, 1.165) is 0 Å². The molecule has 0 aromatic heterocycles. The molecule has 0 radical (unpaired) electrons. The summed E-state index contributed by atoms with van der Waals surface area (Å²) in [5, 5.41) is 11.2. The Kier molecular flexibility index (Phi) is 8.28. The number of methoxy groups -OCH3 is 2. The molecule has 0 aliphatic carbocycles. The Hall–Kier alpha value is -3.25. The highest BCUT2D eigenvalue weighted by Gasteiger charge is 2.45. The summed E-state index contributed by atoms with van der Waals surface area (Å²) in [7, 11) is -0.632. The number of hydrogen-bond donors (Lipinski definition) is 1. The van der Waals surface area contributed by atoms with E-state index in [4.69, 9.17) is 14.2 Å². The van der Waals surface area contributed by atoms with Crippen LogP contribution in [0.5, 0.6) is 5.75 Å². The van der Waals surface area contributed by atoms with Gasteiger partial charge in [0.15, 0.2) is 0 Å². The number of Topliss-reactive ketones (excluding diaryl/α,β-unsaturated/α-hetero) is 1. The third-order valence-corrected chi connectivity index (χ3v) is 8.37. The van der Waals surface area contributed by atoms with Crippen LogP contribution in [-0.4, -0.2) is 88.1 Å². The van der Waals surface area contributed by atoms with Crippen molar-refractivity contribution >= 4 is 27.5 Å². The molecule has 1 amide bonds. The minimum Gasteiger partial charge on any atom is -0.507 e. The molecular formula is C26H30N2O8S. The molecule has 1 N–H and O–H groups in total. The molecule has 11 heteroatoms. The number of carbonyl (C=O) groups is 2. The highest BCUT2D eigenvalue weighted by Crippen LogP contribution is 2.40. The Morgan fingerprint density at radius 2 is 1.68 bits per heavy atom. The van der Waals surface area contributed by atoms with Gasteiger partial charge in [0.05, 0.1) is 36.8 Å². The Morgan fingerprint density at radius 3 is 2.27 bits per heavy atom. The van der Waals surface area contributed by atoms with E-state index in [1.165, 1.54) is 40.6 Å². The van der Waals surface area contributed by atoms with Crippen LogP contribution in [0, 0.1) is 0 Å². The van der Waals surface area contributed by atoms with Gasteiger partial charge in [-0.15, -0.1) is 0 Å². The monoisotopic (exact) mass is 530 g/mol. The minimum atomic E-state index is -3.72. The average Bonchev–Trinajstić information content (AvgIpc) is 3.18. The van der Waals surface area contributed by atoms with Crippen LogP contribution in [0.15, 0.2) is 59.0 Å². The molecule has 2 aromatic rings. The quantitative estimate of drug-likeness (QED) is 0.227. The molecule has 4 rings (SSSR count). The van der Waals surface area contributed by atoms with Crippen LogP contribution in [0.2, 0.25) is 0 Å². The van der Waals surface area contributed by atoms with Gasteiger partial charge in [-0.05, 0) is 48.4 Å². The van der Waals surface area contributed by atoms with Crippen molar-refractivity contribution in [3.8, 4) is 5.75 Å². The summed E-state index contributed by atoms with van der Waals surface area (Å²) in [4.78, 5) is 27.6. The zero-order chi connectivity index (χ0) is 26.6. The average molecular weight is 531 g/mol. The second kappa shape index (κ2) is 11.4. The third kappa shape index (κ3) is 5.40. The summed E-state index contributed by atoms with van der Waals surface area (Å²) in [5.41, 5.74) is 0.802. The van der Waals surface area contributed by atoms with Gasteiger partial charge < -0.3 is 24.2 Å². The number of ketones is 1. The molecule has 2 saturated heterocycles. The summed E-state index contributed by atoms with van der Waals surface area (Å²) in [6, 6.07) is 11.7. The highest BCUT2D eigenvalue weighted by molar-refractivity contribution is 7.89. The molecule has 2 aromatic carbocycles. The predicted octanol–water partition coefficient (Wildman–Crippen LogP) is 2.17. The Bertz CT molecular complexity index is 1270. The molecule has 2 aliphatic heterocycles. The first-order valence-corrected chi connectivity index (χ1v) is 13.3. The van der Waals surface area contributed by atoms with E-state index < -0.39 is 27.8 Å². The molecule has 0 saturated carbocycles. The summed E-state index contributed by atoms with van der Waals surface area (Å²) in [6.07, 6.45) is 0.504. The van der Waals surface area contributed by atoms with Crippen molar-refractivity contribution in [3.05, 3.63) is 65.2 Å². The maximum absolute atomic E-state index is 13.1. The van der Waals surface area contributed by atoms with Crippen LogP contribution in [0.1, 0.15) is 23.6 Å². The van der Waals surface area contributed by atoms with Crippen LogP contribution in [0.4, 0.5) is 0 Å². The SMILES string of the molecule is COCCCN1C(=O)C(=O)C(=C(O)c2ccc(S(=O)(=O)N3CCOCC3)cc2)[C@H]1c1ccc(OC)cc1. The number of rotatable bonds is 9. The van der Waals surface area contributed by atoms with Crippen LogP contribution < -0.4 is 4.74 Å². The lowest BCUT2D eigenvalue weighted by atomic mass is 9.95. The second-order valence-corrected chi connectivity index (χ2v) is 10.6. The number of amides is 1. The normalized spacial score (nSPS) is 20.4. The maximum atomic E-state index is 13.1. The molecular weight excluding hydrogens is 500 g/mol. The van der Waals surface area contributed by atoms with E-state index in [-0.39, 0.29) is 41.4 Å². The molecule has 0 bridgehead atoms. The maximum Gasteiger partial charge on any atom is 0.295 e. The number of aliphatic hydroxyl groups is 1. The van der Waals surface area contributed by atoms with Crippen molar-refractivity contribution in [2.45, 2.75) is 17.4 Å². The van der Waals surface area contributed by atoms with Crippen LogP contribution in [0.3, 0.4) is 0 Å². The summed E-state index contributed by atoms with van der Waals surface area (Å²) >= 11 is 0. The second-order valence-electron chi connectivity index (χ2n) is 8.65. The van der Waals surface area contributed by atoms with Crippen LogP contribution >= 0.6 is 0 Å². The van der Waals surface area contributed by atoms with E-state index in [9.17, 15) is 23.1 Å². The van der Waals surface area contributed by atoms with Crippen LogP contribution in [0.25, 0.3) is 5.76 Å². The van der Waals surface area contributed by atoms with Gasteiger partial charge in [-0.2, -0.15) is 4.31 Å². The first kappa shape index (κ1) is 26.8. The lowest BCUT2D eigenvalue weighted by Crippen LogP contribution is -2.40. The van der Waals surface area contributed by atoms with Crippen molar-refractivity contribution in [1.82, 2.24) is 9.21 Å². The number of nitrogens with zero attached hydrogens (tertiary/aromatic N) is 2. The van der Waals surface area contributed by atoms with Gasteiger partial charge in [-0.1, -0.05) is 12.1 Å². The smallest absolute Gasteiger partial charge is 0.295 e. The topological polar surface area (TPSA) is 123 Å². The molecule has 1 atom stereocenters. The zero-order valence-corrected chi connectivity index (χ0v) is 21.6. The fourth-order valence-electron chi connectivity index (χ4n) is 4.50. The van der Waals surface area contributed by atoms with Gasteiger partial charge in [-0.3, -0.25) is 9.59 Å². The number of carbonyl (C=O) groups excluding carboxylic acids is 2. The van der Waals surface area contributed by atoms with Gasteiger partial charge in [0.2, 0.25) is 10.0 Å². The number of ether oxygens (including phenoxy) is 3. The van der Waals surface area contributed by atoms with Crippen molar-refractivity contribution in [3.63, 3.8) is 0 Å². The Morgan fingerprint density at radius 1 is 1.03 bits per heavy atom. The predicted molar refractivity (Wildman–Crippen MR) is 135 cm³/mol. The van der Waals surface area contributed by atoms with Crippen molar-refractivity contribution in [2.24, 2.45) is 0 Å². The molecule has 37 heavy (non-hydrogen) atoms. The number of aliphatic hydroxyl groups excluding tert-OH is 1. The fourth-order valence-corrected chi connectivity index (χ4v) is 5.91. The lowest BCUT2D eigenvalue weighted by molar-refractivity contribution is -0.140. The number of benzene rings is 2. The number of sulfonamides is 1. The molecule has 2 aliphatic rings. The van der Waals surface area contributed by atoms with Gasteiger partial charge in [0, 0.05) is 38.9 Å². The van der Waals surface area contributed by atoms with Gasteiger partial charge in [0.25, 0.3) is 11.7 Å². The van der Waals surface area contributed by atoms with Crippen molar-refractivity contribution < 1.29 is 37.3 Å². The van der Waals surface area contributed by atoms with E-state index >= 15 is 0 Å². The Balaban J connectivity index is 1.72. The van der Waals surface area contributed by atoms with Gasteiger partial charge >= 0.3 is 0 Å². The number of hydrogen-bond acceptors (Lipinski definition) is 8. The molecule has 0 unspecified atom stereocenters. The van der Waals surface area contributed by atoms with E-state index in [0.29, 0.717) is 37.6 Å². The first-order chi connectivity index (χ1) is 17.8. The Labute approximate surface area is 216 Å². The standard InChI is InChI=1S/C26H30N2O8S/c1-34-15-3-12-28-23(18-4-8-20(35-2)9-5-18)22(25(30)26(28)31)24(29)19-6-10-21(11-7-19)37(32,33)27-13-16-36-17-14-27/h4-11,23,29H,3,12-17H2,1-2H3/t23-/m1/s1. The van der Waals surface area contributed by atoms with Gasteiger partial charge in [-0.25, -0.2) is 8.42 Å². The molecule has 0 spiro atoms. The highest BCUT2D eigenvalue weighted by atomic mass is 32.2. The minimum absolute atomic E-state index is 0.0589. The van der Waals surface area contributed by atoms with E-state index in [2.05, 4.69) is 0 Å². The molecule has 2 fully saturated rings. The van der Waals surface area contributed by atoms with Crippen molar-refractivity contribution in [1.29, 1.82) is 0 Å².